The predicted octanol–water partition coefficient (Wildman–Crippen LogP) is 1.93. The second-order valence-corrected chi connectivity index (χ2v) is 6.26. The van der Waals surface area contributed by atoms with E-state index in [4.69, 9.17) is 15.0 Å². The van der Waals surface area contributed by atoms with E-state index < -0.39 is 29.6 Å². The molecule has 1 aromatic rings. The lowest BCUT2D eigenvalue weighted by atomic mass is 10.1. The molecule has 1 N–H and O–H groups in total. The third-order valence-electron chi connectivity index (χ3n) is 4.25. The molecule has 0 aliphatic carbocycles. The first-order valence-corrected chi connectivity index (χ1v) is 8.63. The fourth-order valence-corrected chi connectivity index (χ4v) is 2.79. The van der Waals surface area contributed by atoms with Crippen molar-refractivity contribution in [1.29, 1.82) is 0 Å². The molecule has 1 aliphatic heterocycles. The highest BCUT2D eigenvalue weighted by molar-refractivity contribution is 5.69. The first kappa shape index (κ1) is 19.7. The minimum Gasteiger partial charge on any atom is -0.463 e. The van der Waals surface area contributed by atoms with Crippen LogP contribution in [-0.4, -0.2) is 34.3 Å². The molecule has 0 aromatic carbocycles. The average Bonchev–Trinajstić information content (AvgIpc) is 2.99. The zero-order chi connectivity index (χ0) is 19.1. The number of hydrogen-bond acceptors (Lipinski definition) is 6. The van der Waals surface area contributed by atoms with Crippen LogP contribution in [0.1, 0.15) is 50.8 Å². The minimum absolute atomic E-state index is 0.0533. The third kappa shape index (κ3) is 4.96. The summed E-state index contributed by atoms with van der Waals surface area (Å²) in [5.74, 6) is -0.331. The van der Waals surface area contributed by atoms with Crippen LogP contribution in [0.2, 0.25) is 0 Å². The second kappa shape index (κ2) is 9.21. The second-order valence-electron chi connectivity index (χ2n) is 6.26. The van der Waals surface area contributed by atoms with Gasteiger partial charge in [-0.15, -0.1) is 0 Å². The number of ether oxygens (including phenoxy) is 2. The van der Waals surface area contributed by atoms with E-state index in [9.17, 15) is 14.4 Å². The van der Waals surface area contributed by atoms with Crippen molar-refractivity contribution in [3.63, 3.8) is 0 Å². The number of aromatic amines is 1. The monoisotopic (exact) mass is 365 g/mol. The van der Waals surface area contributed by atoms with Gasteiger partial charge in [0.05, 0.1) is 6.04 Å². The van der Waals surface area contributed by atoms with Crippen molar-refractivity contribution < 1.29 is 14.3 Å². The van der Waals surface area contributed by atoms with Gasteiger partial charge in [-0.25, -0.2) is 4.79 Å². The van der Waals surface area contributed by atoms with Gasteiger partial charge in [-0.3, -0.25) is 19.1 Å². The summed E-state index contributed by atoms with van der Waals surface area (Å²) >= 11 is 0. The first-order chi connectivity index (χ1) is 12.5. The number of rotatable bonds is 8. The minimum atomic E-state index is -0.711. The molecule has 0 radical (unpaired) electrons. The van der Waals surface area contributed by atoms with Gasteiger partial charge >= 0.3 is 11.7 Å². The lowest BCUT2D eigenvalue weighted by molar-refractivity contribution is -0.148. The van der Waals surface area contributed by atoms with Gasteiger partial charge in [0.2, 0.25) is 0 Å². The molecule has 1 aromatic heterocycles. The lowest BCUT2D eigenvalue weighted by Crippen LogP contribution is -2.33. The van der Waals surface area contributed by atoms with Gasteiger partial charge in [-0.2, -0.15) is 0 Å². The van der Waals surface area contributed by atoms with E-state index in [0.717, 1.165) is 19.3 Å². The van der Waals surface area contributed by atoms with Gasteiger partial charge < -0.3 is 9.47 Å². The fraction of sp³-hybridized carbons (Fsp3) is 0.688. The average molecular weight is 365 g/mol. The number of carbonyl (C=O) groups excluding carboxylic acids is 1. The van der Waals surface area contributed by atoms with E-state index in [-0.39, 0.29) is 19.0 Å². The van der Waals surface area contributed by atoms with Crippen molar-refractivity contribution in [2.45, 2.75) is 64.3 Å². The molecule has 2 rings (SSSR count). The summed E-state index contributed by atoms with van der Waals surface area (Å²) in [6.07, 6.45) is 3.33. The van der Waals surface area contributed by atoms with Crippen LogP contribution in [0.4, 0.5) is 0 Å². The maximum atomic E-state index is 12.0. The van der Waals surface area contributed by atoms with Crippen LogP contribution in [-0.2, 0) is 14.3 Å². The van der Waals surface area contributed by atoms with E-state index in [1.807, 2.05) is 6.92 Å². The van der Waals surface area contributed by atoms with Crippen molar-refractivity contribution in [3.8, 4) is 0 Å². The molecule has 3 atom stereocenters. The number of nitrogens with zero attached hydrogens (tertiary/aromatic N) is 4. The molecule has 1 fully saturated rings. The number of unbranched alkanes of at least 4 members (excludes halogenated alkanes) is 2. The lowest BCUT2D eigenvalue weighted by Gasteiger charge is -2.16. The summed E-state index contributed by atoms with van der Waals surface area (Å²) in [6.45, 7) is 3.56. The Balaban J connectivity index is 2.05. The maximum absolute atomic E-state index is 12.0. The van der Waals surface area contributed by atoms with Crippen LogP contribution in [0.25, 0.3) is 10.4 Å². The highest BCUT2D eigenvalue weighted by atomic mass is 16.6. The number of hydrogen-bond donors (Lipinski definition) is 1. The Bertz CT molecular complexity index is 795. The van der Waals surface area contributed by atoms with Crippen LogP contribution in [0.15, 0.2) is 20.9 Å². The highest BCUT2D eigenvalue weighted by Gasteiger charge is 2.37. The highest BCUT2D eigenvalue weighted by Crippen LogP contribution is 2.30. The largest absolute Gasteiger partial charge is 0.463 e. The number of aromatic nitrogens is 2. The molecule has 0 amide bonds. The molecule has 1 aliphatic rings. The Labute approximate surface area is 149 Å². The molecule has 26 heavy (non-hydrogen) atoms. The molecule has 0 saturated carbocycles. The molecule has 0 spiro atoms. The van der Waals surface area contributed by atoms with E-state index >= 15 is 0 Å². The third-order valence-corrected chi connectivity index (χ3v) is 4.25. The summed E-state index contributed by atoms with van der Waals surface area (Å²) in [5, 5.41) is 3.68. The molecule has 0 bridgehead atoms. The summed E-state index contributed by atoms with van der Waals surface area (Å²) in [7, 11) is 0. The van der Waals surface area contributed by atoms with Gasteiger partial charge in [0.25, 0.3) is 5.56 Å². The van der Waals surface area contributed by atoms with E-state index in [1.165, 1.54) is 10.8 Å². The summed E-state index contributed by atoms with van der Waals surface area (Å²) in [4.78, 5) is 40.2. The molecule has 142 valence electrons. The number of H-pyrrole nitrogens is 1. The first-order valence-electron chi connectivity index (χ1n) is 8.63. The number of nitrogens with one attached hydrogen (secondary N) is 1. The zero-order valence-corrected chi connectivity index (χ0v) is 14.9. The molecular weight excluding hydrogens is 342 g/mol. The van der Waals surface area contributed by atoms with E-state index in [2.05, 4.69) is 15.0 Å². The van der Waals surface area contributed by atoms with Gasteiger partial charge in [-0.1, -0.05) is 24.9 Å². The van der Waals surface area contributed by atoms with Gasteiger partial charge in [-0.05, 0) is 18.9 Å². The topological polar surface area (TPSA) is 139 Å². The normalized spacial score (nSPS) is 22.0. The van der Waals surface area contributed by atoms with Gasteiger partial charge in [0.1, 0.15) is 18.9 Å². The fourth-order valence-electron chi connectivity index (χ4n) is 2.79. The van der Waals surface area contributed by atoms with Crippen LogP contribution in [0.3, 0.4) is 0 Å². The Morgan fingerprint density at radius 3 is 2.96 bits per heavy atom. The van der Waals surface area contributed by atoms with Crippen molar-refractivity contribution in [3.05, 3.63) is 43.0 Å². The van der Waals surface area contributed by atoms with Crippen molar-refractivity contribution in [1.82, 2.24) is 9.55 Å². The molecule has 10 nitrogen and oxygen atoms in total. The predicted molar refractivity (Wildman–Crippen MR) is 92.6 cm³/mol. The number of esters is 1. The quantitative estimate of drug-likeness (QED) is 0.246. The van der Waals surface area contributed by atoms with Crippen LogP contribution in [0.5, 0.6) is 0 Å². The van der Waals surface area contributed by atoms with Crippen molar-refractivity contribution in [2.75, 3.05) is 6.61 Å². The van der Waals surface area contributed by atoms with Crippen LogP contribution < -0.4 is 11.2 Å². The zero-order valence-electron chi connectivity index (χ0n) is 14.9. The molecular formula is C16H23N5O5. The van der Waals surface area contributed by atoms with Crippen molar-refractivity contribution >= 4 is 5.97 Å². The van der Waals surface area contributed by atoms with Crippen molar-refractivity contribution in [2.24, 2.45) is 5.11 Å². The number of carbonyl (C=O) groups is 1. The Morgan fingerprint density at radius 2 is 2.27 bits per heavy atom. The Hall–Kier alpha value is -2.58. The smallest absolute Gasteiger partial charge is 0.330 e. The van der Waals surface area contributed by atoms with E-state index in [0.29, 0.717) is 12.0 Å². The summed E-state index contributed by atoms with van der Waals surface area (Å²) in [5.41, 5.74) is 8.02. The number of azide groups is 1. The summed E-state index contributed by atoms with van der Waals surface area (Å²) in [6, 6.07) is -0.576. The summed E-state index contributed by atoms with van der Waals surface area (Å²) < 4.78 is 12.2. The van der Waals surface area contributed by atoms with Gasteiger partial charge in [0, 0.05) is 29.5 Å². The van der Waals surface area contributed by atoms with Gasteiger partial charge in [0.15, 0.2) is 0 Å². The number of aryl methyl sites for hydroxylation is 1. The van der Waals surface area contributed by atoms with Crippen LogP contribution >= 0.6 is 0 Å². The molecule has 1 unspecified atom stereocenters. The SMILES string of the molecule is CCCCCC(=O)OC[C@H]1O[C@@H](n2cc(C)c(=O)[nH]c2=O)CC1N=[N+]=[N-]. The van der Waals surface area contributed by atoms with Crippen LogP contribution in [0, 0.1) is 6.92 Å². The maximum Gasteiger partial charge on any atom is 0.330 e. The Morgan fingerprint density at radius 1 is 1.50 bits per heavy atom. The van der Waals surface area contributed by atoms with E-state index in [1.54, 1.807) is 6.92 Å². The molecule has 1 saturated heterocycles. The standard InChI is InChI=1S/C16H23N5O5/c1-3-4-5-6-14(22)25-9-12-11(19-20-17)7-13(26-12)21-8-10(2)15(23)18-16(21)24/h8,11-13H,3-7,9H2,1-2H3,(H,18,23,24)/t11?,12-,13-/m1/s1. The molecule has 2 heterocycles. The Kier molecular flexibility index (Phi) is 6.99. The molecule has 10 heteroatoms.